The molecule has 3 fully saturated rings. The molecule has 1 amide bonds. The van der Waals surface area contributed by atoms with E-state index in [9.17, 15) is 18.0 Å². The Labute approximate surface area is 160 Å². The Morgan fingerprint density at radius 1 is 1.39 bits per heavy atom. The van der Waals surface area contributed by atoms with Crippen molar-refractivity contribution in [2.75, 3.05) is 26.9 Å². The molecule has 0 aromatic heterocycles. The summed E-state index contributed by atoms with van der Waals surface area (Å²) in [6.45, 7) is 0.530. The van der Waals surface area contributed by atoms with E-state index in [1.807, 2.05) is 0 Å². The number of guanidine groups is 1. The van der Waals surface area contributed by atoms with Crippen molar-refractivity contribution in [2.24, 2.45) is 11.8 Å². The molecule has 2 saturated heterocycles. The molecular weight excluding hydrogens is 375 g/mol. The summed E-state index contributed by atoms with van der Waals surface area (Å²) in [4.78, 5) is 13.9. The zero-order valence-electron chi connectivity index (χ0n) is 15.4. The molecule has 6 nitrogen and oxygen atoms in total. The van der Waals surface area contributed by atoms with E-state index in [-0.39, 0.29) is 49.4 Å². The Morgan fingerprint density at radius 2 is 2.14 bits per heavy atom. The van der Waals surface area contributed by atoms with Crippen LogP contribution < -0.4 is 10.1 Å². The van der Waals surface area contributed by atoms with Crippen LogP contribution >= 0.6 is 0 Å². The lowest BCUT2D eigenvalue weighted by Gasteiger charge is -2.49. The number of halogens is 3. The van der Waals surface area contributed by atoms with Gasteiger partial charge in [0.2, 0.25) is 11.8 Å². The van der Waals surface area contributed by atoms with Crippen molar-refractivity contribution < 1.29 is 27.4 Å². The highest BCUT2D eigenvalue weighted by Crippen LogP contribution is 2.43. The maximum absolute atomic E-state index is 14.8. The van der Waals surface area contributed by atoms with Crippen molar-refractivity contribution in [3.63, 3.8) is 0 Å². The number of benzene rings is 1. The summed E-state index contributed by atoms with van der Waals surface area (Å²) in [5.74, 6) is -4.05. The number of amides is 1. The third-order valence-electron chi connectivity index (χ3n) is 5.86. The Morgan fingerprint density at radius 3 is 2.86 bits per heavy atom. The molecule has 152 valence electrons. The first-order valence-electron chi connectivity index (χ1n) is 9.24. The molecule has 2 heterocycles. The molecule has 3 aliphatic rings. The summed E-state index contributed by atoms with van der Waals surface area (Å²) < 4.78 is 51.9. The highest BCUT2D eigenvalue weighted by Gasteiger charge is 2.53. The molecule has 1 aliphatic carbocycles. The molecule has 0 spiro atoms. The van der Waals surface area contributed by atoms with Gasteiger partial charge in [0.25, 0.3) is 0 Å². The van der Waals surface area contributed by atoms with E-state index < -0.39 is 23.2 Å². The van der Waals surface area contributed by atoms with Gasteiger partial charge in [0.1, 0.15) is 17.1 Å². The number of fused-ring (bicyclic) bond motifs is 1. The van der Waals surface area contributed by atoms with E-state index in [0.29, 0.717) is 18.8 Å². The SMILES string of the molecule is CN1C(=N)NC2(c3cc(OCC4CC(F)(F)C4)ccc3F)COCCC2C1=O. The maximum Gasteiger partial charge on any atom is 0.248 e. The first-order valence-corrected chi connectivity index (χ1v) is 9.24. The van der Waals surface area contributed by atoms with Crippen molar-refractivity contribution in [3.8, 4) is 5.75 Å². The molecular formula is C19H22F3N3O3. The molecule has 1 aromatic rings. The van der Waals surface area contributed by atoms with Crippen LogP contribution in [0.5, 0.6) is 5.75 Å². The van der Waals surface area contributed by atoms with Gasteiger partial charge >= 0.3 is 0 Å². The van der Waals surface area contributed by atoms with Crippen LogP contribution in [0.4, 0.5) is 13.2 Å². The normalized spacial score (nSPS) is 29.7. The minimum atomic E-state index is -2.62. The minimum absolute atomic E-state index is 0.0366. The van der Waals surface area contributed by atoms with E-state index in [2.05, 4.69) is 5.32 Å². The standard InChI is InChI=1S/C19H22F3N3O3/c1-25-16(26)13-4-5-27-10-19(13,24-17(25)23)14-6-12(2-3-15(14)20)28-9-11-7-18(21,22)8-11/h2-3,6,11,13H,4-5,7-10H2,1H3,(H2,23,24). The van der Waals surface area contributed by atoms with Crippen molar-refractivity contribution in [1.82, 2.24) is 10.2 Å². The molecule has 1 saturated carbocycles. The highest BCUT2D eigenvalue weighted by molar-refractivity contribution is 6.00. The first-order chi connectivity index (χ1) is 13.2. The minimum Gasteiger partial charge on any atom is -0.493 e. The van der Waals surface area contributed by atoms with Crippen LogP contribution in [0, 0.1) is 23.1 Å². The van der Waals surface area contributed by atoms with Gasteiger partial charge in [0.05, 0.1) is 19.1 Å². The lowest BCUT2D eigenvalue weighted by molar-refractivity contribution is -0.143. The largest absolute Gasteiger partial charge is 0.493 e. The number of hydrogen-bond donors (Lipinski definition) is 2. The number of alkyl halides is 2. The topological polar surface area (TPSA) is 74.7 Å². The van der Waals surface area contributed by atoms with E-state index >= 15 is 0 Å². The monoisotopic (exact) mass is 397 g/mol. The van der Waals surface area contributed by atoms with Gasteiger partial charge < -0.3 is 14.8 Å². The average Bonchev–Trinajstić information content (AvgIpc) is 2.63. The van der Waals surface area contributed by atoms with Crippen molar-refractivity contribution in [2.45, 2.75) is 30.7 Å². The molecule has 0 bridgehead atoms. The Bertz CT molecular complexity index is 811. The number of ether oxygens (including phenoxy) is 2. The molecule has 9 heteroatoms. The quantitative estimate of drug-likeness (QED) is 0.819. The molecule has 2 unspecified atom stereocenters. The lowest BCUT2D eigenvalue weighted by atomic mass is 9.73. The number of rotatable bonds is 4. The van der Waals surface area contributed by atoms with Gasteiger partial charge in [-0.15, -0.1) is 0 Å². The van der Waals surface area contributed by atoms with E-state index in [1.54, 1.807) is 0 Å². The predicted molar refractivity (Wildman–Crippen MR) is 93.8 cm³/mol. The van der Waals surface area contributed by atoms with Gasteiger partial charge in [-0.2, -0.15) is 0 Å². The maximum atomic E-state index is 14.8. The van der Waals surface area contributed by atoms with Crippen LogP contribution in [-0.2, 0) is 15.1 Å². The second-order valence-corrected chi connectivity index (χ2v) is 7.82. The molecule has 1 aromatic carbocycles. The second-order valence-electron chi connectivity index (χ2n) is 7.82. The third-order valence-corrected chi connectivity index (χ3v) is 5.86. The van der Waals surface area contributed by atoms with Crippen LogP contribution in [0.3, 0.4) is 0 Å². The zero-order valence-corrected chi connectivity index (χ0v) is 15.4. The molecule has 0 radical (unpaired) electrons. The number of carbonyl (C=O) groups excluding carboxylic acids is 1. The summed E-state index contributed by atoms with van der Waals surface area (Å²) in [6.07, 6.45) is -0.0218. The number of hydrogen-bond acceptors (Lipinski definition) is 4. The van der Waals surface area contributed by atoms with Gasteiger partial charge in [-0.3, -0.25) is 15.1 Å². The smallest absolute Gasteiger partial charge is 0.248 e. The fraction of sp³-hybridized carbons (Fsp3) is 0.579. The summed E-state index contributed by atoms with van der Waals surface area (Å²) >= 11 is 0. The van der Waals surface area contributed by atoms with E-state index in [0.717, 1.165) is 0 Å². The molecule has 2 N–H and O–H groups in total. The number of nitrogens with zero attached hydrogens (tertiary/aromatic N) is 1. The molecule has 4 rings (SSSR count). The summed E-state index contributed by atoms with van der Waals surface area (Å²) in [7, 11) is 1.50. The molecule has 2 atom stereocenters. The van der Waals surface area contributed by atoms with Crippen LogP contribution in [0.1, 0.15) is 24.8 Å². The predicted octanol–water partition coefficient (Wildman–Crippen LogP) is 2.48. The van der Waals surface area contributed by atoms with Crippen molar-refractivity contribution in [1.29, 1.82) is 5.41 Å². The first kappa shape index (κ1) is 19.0. The fourth-order valence-corrected chi connectivity index (χ4v) is 4.26. The van der Waals surface area contributed by atoms with Crippen molar-refractivity contribution >= 4 is 11.9 Å². The zero-order chi connectivity index (χ0) is 20.1. The van der Waals surface area contributed by atoms with Gasteiger partial charge in [-0.05, 0) is 24.6 Å². The average molecular weight is 397 g/mol. The number of carbonyl (C=O) groups is 1. The fourth-order valence-electron chi connectivity index (χ4n) is 4.26. The van der Waals surface area contributed by atoms with Crippen LogP contribution in [0.25, 0.3) is 0 Å². The summed E-state index contributed by atoms with van der Waals surface area (Å²) in [6, 6.07) is 4.15. The van der Waals surface area contributed by atoms with Crippen LogP contribution in [0.2, 0.25) is 0 Å². The second kappa shape index (κ2) is 6.65. The van der Waals surface area contributed by atoms with Crippen molar-refractivity contribution in [3.05, 3.63) is 29.6 Å². The Kier molecular flexibility index (Phi) is 4.52. The van der Waals surface area contributed by atoms with E-state index in [4.69, 9.17) is 14.9 Å². The summed E-state index contributed by atoms with van der Waals surface area (Å²) in [5.41, 5.74) is -1.02. The van der Waals surface area contributed by atoms with E-state index in [1.165, 1.54) is 30.1 Å². The van der Waals surface area contributed by atoms with Gasteiger partial charge in [0.15, 0.2) is 5.96 Å². The molecule has 2 aliphatic heterocycles. The molecule has 28 heavy (non-hydrogen) atoms. The Balaban J connectivity index is 1.61. The van der Waals surface area contributed by atoms with Crippen LogP contribution in [0.15, 0.2) is 18.2 Å². The summed E-state index contributed by atoms with van der Waals surface area (Å²) in [5, 5.41) is 11.0. The van der Waals surface area contributed by atoms with Crippen LogP contribution in [-0.4, -0.2) is 49.6 Å². The van der Waals surface area contributed by atoms with Gasteiger partial charge in [-0.1, -0.05) is 0 Å². The number of nitrogens with one attached hydrogen (secondary N) is 2. The van der Waals surface area contributed by atoms with Gasteiger partial charge in [0, 0.05) is 38.0 Å². The van der Waals surface area contributed by atoms with Gasteiger partial charge in [-0.25, -0.2) is 13.2 Å². The third kappa shape index (κ3) is 3.11. The highest BCUT2D eigenvalue weighted by atomic mass is 19.3. The lowest BCUT2D eigenvalue weighted by Crippen LogP contribution is -2.68. The Hall–Kier alpha value is -2.29.